The average molecular weight is 558 g/mol. The predicted molar refractivity (Wildman–Crippen MR) is 146 cm³/mol. The minimum absolute atomic E-state index is 0.0332. The highest BCUT2D eigenvalue weighted by Crippen LogP contribution is 2.50. The Hall–Kier alpha value is -2.22. The van der Waals surface area contributed by atoms with Gasteiger partial charge in [0.05, 0.1) is 0 Å². The van der Waals surface area contributed by atoms with Gasteiger partial charge in [-0.15, -0.1) is 17.9 Å². The first kappa shape index (κ1) is 25.9. The third-order valence-corrected chi connectivity index (χ3v) is 9.17. The van der Waals surface area contributed by atoms with Crippen LogP contribution in [-0.2, 0) is 15.0 Å². The van der Waals surface area contributed by atoms with Gasteiger partial charge < -0.3 is 9.64 Å². The van der Waals surface area contributed by atoms with Crippen LogP contribution in [0.5, 0.6) is 5.75 Å². The van der Waals surface area contributed by atoms with Crippen molar-refractivity contribution in [3.05, 3.63) is 69.4 Å². The Morgan fingerprint density at radius 1 is 1.34 bits per heavy atom. The third kappa shape index (κ3) is 5.96. The Balaban J connectivity index is 1.58. The van der Waals surface area contributed by atoms with Crippen molar-refractivity contribution in [2.24, 2.45) is 5.92 Å². The molecule has 4 rings (SSSR count). The van der Waals surface area contributed by atoms with Crippen molar-refractivity contribution in [1.29, 1.82) is 0 Å². The fraction of sp³-hybridized carbons (Fsp3) is 0.429. The number of hydrogen-bond acceptors (Lipinski definition) is 5. The summed E-state index contributed by atoms with van der Waals surface area (Å²) in [5, 5.41) is 2.02. The first-order chi connectivity index (χ1) is 16.8. The molecule has 2 fully saturated rings. The number of ether oxygens (including phenoxy) is 1. The van der Waals surface area contributed by atoms with Crippen LogP contribution in [0.15, 0.2) is 58.9 Å². The molecule has 3 atom stereocenters. The van der Waals surface area contributed by atoms with Crippen molar-refractivity contribution in [1.82, 2.24) is 9.80 Å². The topological polar surface area (TPSA) is 49.9 Å². The number of thiophene rings is 1. The number of carbonyl (C=O) groups excluding carboxylic acids is 2. The van der Waals surface area contributed by atoms with E-state index < -0.39 is 0 Å². The molecule has 7 heteroatoms. The highest BCUT2D eigenvalue weighted by molar-refractivity contribution is 9.10. The number of halogens is 1. The van der Waals surface area contributed by atoms with E-state index in [0.717, 1.165) is 54.7 Å². The van der Waals surface area contributed by atoms with Crippen molar-refractivity contribution < 1.29 is 14.3 Å². The number of hydrogen-bond donors (Lipinski definition) is 0. The van der Waals surface area contributed by atoms with E-state index >= 15 is 0 Å². The van der Waals surface area contributed by atoms with Crippen molar-refractivity contribution >= 4 is 45.2 Å². The van der Waals surface area contributed by atoms with Gasteiger partial charge >= 0.3 is 5.97 Å². The van der Waals surface area contributed by atoms with E-state index in [2.05, 4.69) is 33.5 Å². The number of fused-ring (bicyclic) bond motifs is 1. The zero-order valence-corrected chi connectivity index (χ0v) is 22.8. The predicted octanol–water partition coefficient (Wildman–Crippen LogP) is 5.91. The van der Waals surface area contributed by atoms with Crippen molar-refractivity contribution in [2.75, 3.05) is 26.7 Å². The molecule has 1 aromatic heterocycles. The van der Waals surface area contributed by atoms with Gasteiger partial charge in [-0.3, -0.25) is 14.5 Å². The summed E-state index contributed by atoms with van der Waals surface area (Å²) in [6.45, 7) is 8.25. The normalized spacial score (nSPS) is 24.7. The Morgan fingerprint density at radius 2 is 2.17 bits per heavy atom. The summed E-state index contributed by atoms with van der Waals surface area (Å²) in [5.41, 5.74) is 1.15. The molecule has 2 aliphatic rings. The largest absolute Gasteiger partial charge is 0.427 e. The van der Waals surface area contributed by atoms with Crippen LogP contribution >= 0.6 is 27.3 Å². The molecule has 1 saturated carbocycles. The van der Waals surface area contributed by atoms with E-state index in [-0.39, 0.29) is 23.3 Å². The maximum Gasteiger partial charge on any atom is 0.308 e. The molecule has 186 valence electrons. The maximum absolute atomic E-state index is 13.1. The molecule has 2 aromatic rings. The van der Waals surface area contributed by atoms with E-state index in [9.17, 15) is 9.59 Å². The second-order valence-corrected chi connectivity index (χ2v) is 11.5. The van der Waals surface area contributed by atoms with Crippen LogP contribution in [-0.4, -0.2) is 54.4 Å². The van der Waals surface area contributed by atoms with Gasteiger partial charge in [0, 0.05) is 59.3 Å². The van der Waals surface area contributed by atoms with Crippen LogP contribution in [0.2, 0.25) is 0 Å². The Bertz CT molecular complexity index is 1110. The maximum atomic E-state index is 13.1. The smallest absolute Gasteiger partial charge is 0.308 e. The monoisotopic (exact) mass is 556 g/mol. The van der Waals surface area contributed by atoms with E-state index in [1.807, 2.05) is 53.7 Å². The molecule has 0 unspecified atom stereocenters. The number of esters is 1. The zero-order chi connectivity index (χ0) is 25.0. The first-order valence-electron chi connectivity index (χ1n) is 12.1. The molecule has 0 radical (unpaired) electrons. The number of benzene rings is 1. The Kier molecular flexibility index (Phi) is 8.30. The SMILES string of the molecule is C=CCN1CC[C@@]2(c3cccc(OC(C)=O)c3)C[C@H](N(C)C(=O)/C=C/c3cc(Br)cs3)CC[C@@H]2C1. The number of likely N-dealkylation sites (N-methyl/N-ethyl adjacent to an activating group) is 1. The molecule has 0 N–H and O–H groups in total. The highest BCUT2D eigenvalue weighted by Gasteiger charge is 2.49. The van der Waals surface area contributed by atoms with Crippen LogP contribution in [0.3, 0.4) is 0 Å². The number of carbonyl (C=O) groups is 2. The van der Waals surface area contributed by atoms with Crippen molar-refractivity contribution in [3.8, 4) is 5.75 Å². The van der Waals surface area contributed by atoms with E-state index in [1.165, 1.54) is 12.5 Å². The number of piperidine rings is 1. The summed E-state index contributed by atoms with van der Waals surface area (Å²) in [6.07, 6.45) is 9.51. The van der Waals surface area contributed by atoms with Crippen LogP contribution in [0.25, 0.3) is 6.08 Å². The fourth-order valence-electron chi connectivity index (χ4n) is 5.77. The Morgan fingerprint density at radius 3 is 2.89 bits per heavy atom. The lowest BCUT2D eigenvalue weighted by atomic mass is 9.57. The van der Waals surface area contributed by atoms with Crippen molar-refractivity contribution in [2.45, 2.75) is 44.1 Å². The molecular weight excluding hydrogens is 524 g/mol. The summed E-state index contributed by atoms with van der Waals surface area (Å²) < 4.78 is 6.46. The van der Waals surface area contributed by atoms with Gasteiger partial charge in [0.2, 0.25) is 5.91 Å². The number of amides is 1. The molecule has 1 aliphatic carbocycles. The van der Waals surface area contributed by atoms with E-state index in [0.29, 0.717) is 11.7 Å². The minimum atomic E-state index is -0.312. The van der Waals surface area contributed by atoms with Gasteiger partial charge in [-0.05, 0) is 83.9 Å². The van der Waals surface area contributed by atoms with Gasteiger partial charge in [-0.2, -0.15) is 0 Å². The standard InChI is InChI=1S/C28H33BrN2O3S/c1-4-13-31-14-12-28(21-6-5-7-25(15-21)34-20(2)32)17-24(9-8-22(28)18-31)30(3)27(33)11-10-26-16-23(29)19-35-26/h4-7,10-11,15-16,19,22,24H,1,8-9,12-14,17-18H2,2-3H3/b11-10+/t22-,24-,28+/m1/s1. The number of nitrogens with zero attached hydrogens (tertiary/aromatic N) is 2. The van der Waals surface area contributed by atoms with Gasteiger partial charge in [0.25, 0.3) is 0 Å². The summed E-state index contributed by atoms with van der Waals surface area (Å²) in [7, 11) is 1.93. The number of rotatable bonds is 7. The van der Waals surface area contributed by atoms with Gasteiger partial charge in [-0.25, -0.2) is 0 Å². The first-order valence-corrected chi connectivity index (χ1v) is 13.8. The fourth-order valence-corrected chi connectivity index (χ4v) is 7.11. The lowest BCUT2D eigenvalue weighted by Crippen LogP contribution is -2.56. The molecule has 2 heterocycles. The summed E-state index contributed by atoms with van der Waals surface area (Å²) >= 11 is 5.08. The van der Waals surface area contributed by atoms with Crippen molar-refractivity contribution in [3.63, 3.8) is 0 Å². The van der Waals surface area contributed by atoms with Gasteiger partial charge in [-0.1, -0.05) is 18.2 Å². The molecule has 0 bridgehead atoms. The molecule has 1 aromatic carbocycles. The second kappa shape index (κ2) is 11.2. The average Bonchev–Trinajstić information content (AvgIpc) is 3.26. The Labute approximate surface area is 220 Å². The van der Waals surface area contributed by atoms with E-state index in [1.54, 1.807) is 17.4 Å². The van der Waals surface area contributed by atoms with Gasteiger partial charge in [0.15, 0.2) is 0 Å². The zero-order valence-electron chi connectivity index (χ0n) is 20.4. The third-order valence-electron chi connectivity index (χ3n) is 7.51. The molecule has 5 nitrogen and oxygen atoms in total. The van der Waals surface area contributed by atoms with Crippen LogP contribution < -0.4 is 4.74 Å². The summed E-state index contributed by atoms with van der Waals surface area (Å²) in [6, 6.07) is 10.2. The van der Waals surface area contributed by atoms with Gasteiger partial charge in [0.1, 0.15) is 5.75 Å². The second-order valence-electron chi connectivity index (χ2n) is 9.66. The summed E-state index contributed by atoms with van der Waals surface area (Å²) in [5.74, 6) is 0.787. The quantitative estimate of drug-likeness (QED) is 0.184. The molecule has 1 amide bonds. The van der Waals surface area contributed by atoms with Crippen LogP contribution in [0.4, 0.5) is 0 Å². The lowest BCUT2D eigenvalue weighted by Gasteiger charge is -2.54. The minimum Gasteiger partial charge on any atom is -0.427 e. The van der Waals surface area contributed by atoms with Crippen LogP contribution in [0.1, 0.15) is 43.0 Å². The highest BCUT2D eigenvalue weighted by atomic mass is 79.9. The lowest BCUT2D eigenvalue weighted by molar-refractivity contribution is -0.132. The molecule has 1 saturated heterocycles. The molecule has 35 heavy (non-hydrogen) atoms. The van der Waals surface area contributed by atoms with E-state index in [4.69, 9.17) is 4.74 Å². The van der Waals surface area contributed by atoms with Crippen LogP contribution in [0, 0.1) is 5.92 Å². The summed E-state index contributed by atoms with van der Waals surface area (Å²) in [4.78, 5) is 30.1. The molecular formula is C28H33BrN2O3S. The molecule has 0 spiro atoms. The number of likely N-dealkylation sites (tertiary alicyclic amines) is 1. The molecule has 1 aliphatic heterocycles.